The van der Waals surface area contributed by atoms with E-state index in [4.69, 9.17) is 37.0 Å². The molecule has 3 N–H and O–H groups in total. The molecule has 0 saturated heterocycles. The van der Waals surface area contributed by atoms with Crippen LogP contribution in [0, 0.1) is 23.7 Å². The Labute approximate surface area is 600 Å². The zero-order valence-corrected chi connectivity index (χ0v) is 66.2. The summed E-state index contributed by atoms with van der Waals surface area (Å²) < 4.78 is 68.6. The highest BCUT2D eigenvalue weighted by molar-refractivity contribution is 7.47. The van der Waals surface area contributed by atoms with Gasteiger partial charge in [-0.05, 0) is 49.4 Å². The molecular weight excluding hydrogens is 1280 g/mol. The van der Waals surface area contributed by atoms with E-state index in [1.807, 2.05) is 0 Å². The molecule has 0 fully saturated rings. The summed E-state index contributed by atoms with van der Waals surface area (Å²) in [6.07, 6.45) is 54.2. The minimum Gasteiger partial charge on any atom is -0.462 e. The Morgan fingerprint density at radius 2 is 0.490 bits per heavy atom. The Hall–Kier alpha value is -1.94. The molecule has 582 valence electrons. The lowest BCUT2D eigenvalue weighted by molar-refractivity contribution is -0.161. The van der Waals surface area contributed by atoms with Crippen LogP contribution >= 0.6 is 15.6 Å². The molecule has 98 heavy (non-hydrogen) atoms. The van der Waals surface area contributed by atoms with Gasteiger partial charge in [0.15, 0.2) is 12.2 Å². The van der Waals surface area contributed by atoms with Gasteiger partial charge in [0.1, 0.15) is 19.3 Å². The number of phosphoric acid groups is 2. The van der Waals surface area contributed by atoms with Crippen LogP contribution < -0.4 is 0 Å². The summed E-state index contributed by atoms with van der Waals surface area (Å²) in [7, 11) is -9.92. The monoisotopic (exact) mass is 1440 g/mol. The third kappa shape index (κ3) is 69.8. The van der Waals surface area contributed by atoms with Crippen LogP contribution in [0.25, 0.3) is 0 Å². The summed E-state index contributed by atoms with van der Waals surface area (Å²) in [6, 6.07) is 0. The second-order valence-electron chi connectivity index (χ2n) is 29.9. The van der Waals surface area contributed by atoms with Crippen LogP contribution in [0.15, 0.2) is 0 Å². The van der Waals surface area contributed by atoms with Crippen LogP contribution in [0.4, 0.5) is 0 Å². The summed E-state index contributed by atoms with van der Waals surface area (Å²) in [4.78, 5) is 72.9. The minimum absolute atomic E-state index is 0.105. The van der Waals surface area contributed by atoms with Crippen molar-refractivity contribution in [2.75, 3.05) is 39.6 Å². The van der Waals surface area contributed by atoms with Crippen molar-refractivity contribution in [3.05, 3.63) is 0 Å². The van der Waals surface area contributed by atoms with Crippen molar-refractivity contribution >= 4 is 39.5 Å². The average Bonchev–Trinajstić information content (AvgIpc) is 0.924. The first-order valence-electron chi connectivity index (χ1n) is 40.8. The second kappa shape index (κ2) is 68.2. The van der Waals surface area contributed by atoms with Gasteiger partial charge in [-0.1, -0.05) is 351 Å². The molecule has 0 heterocycles. The molecule has 0 saturated carbocycles. The summed E-state index contributed by atoms with van der Waals surface area (Å²) in [6.45, 7) is 14.2. The number of aliphatic hydroxyl groups excluding tert-OH is 1. The van der Waals surface area contributed by atoms with E-state index >= 15 is 0 Å². The molecule has 0 aromatic rings. The lowest BCUT2D eigenvalue weighted by Crippen LogP contribution is -2.30. The molecule has 0 aliphatic heterocycles. The van der Waals surface area contributed by atoms with Gasteiger partial charge in [-0.2, -0.15) is 0 Å². The predicted octanol–water partition coefficient (Wildman–Crippen LogP) is 23.2. The zero-order chi connectivity index (χ0) is 72.4. The van der Waals surface area contributed by atoms with Gasteiger partial charge in [0.05, 0.1) is 26.4 Å². The Morgan fingerprint density at radius 1 is 0.286 bits per heavy atom. The van der Waals surface area contributed by atoms with Crippen molar-refractivity contribution in [2.24, 2.45) is 23.7 Å². The molecule has 0 amide bonds. The number of carbonyl (C=O) groups excluding carboxylic acids is 4. The third-order valence-electron chi connectivity index (χ3n) is 19.0. The standard InChI is InChI=1S/C79H154O17P2/c1-9-71(7)57-49-41-33-27-21-17-15-13-11-12-14-16-18-22-28-34-43-51-59-76(81)89-65-74(95-79(84)62-54-46-36-30-24-26-32-40-48-56-70(5)6)67-93-97(85,86)91-63-73(80)64-92-98(87,88)94-68-75(66-90-77(82)60-52-44-38-37-42-50-58-72(8)10-2)96-78(83)61-53-45-35-29-23-19-20-25-31-39-47-55-69(3)4/h69-75,80H,9-68H2,1-8H3,(H,85,86)(H,87,88)/t71?,72?,73-,74-,75-/m1/s1. The lowest BCUT2D eigenvalue weighted by Gasteiger charge is -2.21. The van der Waals surface area contributed by atoms with E-state index in [2.05, 4.69) is 55.4 Å². The summed E-state index contributed by atoms with van der Waals surface area (Å²) in [5.74, 6) is 0.986. The molecule has 0 bridgehead atoms. The van der Waals surface area contributed by atoms with E-state index in [9.17, 15) is 43.2 Å². The number of carbonyl (C=O) groups is 4. The van der Waals surface area contributed by atoms with Crippen LogP contribution in [-0.2, 0) is 65.4 Å². The second-order valence-corrected chi connectivity index (χ2v) is 32.8. The molecule has 0 aromatic carbocycles. The molecule has 0 aromatic heterocycles. The van der Waals surface area contributed by atoms with E-state index in [-0.39, 0.29) is 25.7 Å². The fourth-order valence-corrected chi connectivity index (χ4v) is 13.6. The van der Waals surface area contributed by atoms with E-state index in [1.165, 1.54) is 199 Å². The fourth-order valence-electron chi connectivity index (χ4n) is 12.0. The number of hydrogen-bond donors (Lipinski definition) is 3. The third-order valence-corrected chi connectivity index (χ3v) is 20.9. The quantitative estimate of drug-likeness (QED) is 0.0222. The Bertz CT molecular complexity index is 1920. The molecule has 4 unspecified atom stereocenters. The van der Waals surface area contributed by atoms with Crippen molar-refractivity contribution in [1.82, 2.24) is 0 Å². The molecule has 0 spiro atoms. The van der Waals surface area contributed by atoms with E-state index in [0.29, 0.717) is 25.7 Å². The molecular formula is C79H154O17P2. The summed E-state index contributed by atoms with van der Waals surface area (Å²) in [5.41, 5.74) is 0. The van der Waals surface area contributed by atoms with Gasteiger partial charge < -0.3 is 33.8 Å². The summed E-state index contributed by atoms with van der Waals surface area (Å²) >= 11 is 0. The molecule has 0 aliphatic carbocycles. The SMILES string of the molecule is CCC(C)CCCCCCCCCCCCCCCCCCCCC(=O)OC[C@H](COP(=O)(O)OC[C@@H](O)COP(=O)(O)OC[C@@H](COC(=O)CCCCCCCCC(C)CC)OC(=O)CCCCCCCCCCCCCC(C)C)OC(=O)CCCCCCCCCCCC(C)C. The van der Waals surface area contributed by atoms with E-state index in [0.717, 1.165) is 120 Å². The molecule has 17 nitrogen and oxygen atoms in total. The number of ether oxygens (including phenoxy) is 4. The topological polar surface area (TPSA) is 237 Å². The fraction of sp³-hybridized carbons (Fsp3) is 0.949. The number of hydrogen-bond acceptors (Lipinski definition) is 15. The van der Waals surface area contributed by atoms with Crippen molar-refractivity contribution in [1.29, 1.82) is 0 Å². The van der Waals surface area contributed by atoms with Gasteiger partial charge in [-0.3, -0.25) is 37.3 Å². The maximum Gasteiger partial charge on any atom is 0.472 e. The van der Waals surface area contributed by atoms with Gasteiger partial charge in [0, 0.05) is 25.7 Å². The molecule has 0 radical (unpaired) electrons. The number of aliphatic hydroxyl groups is 1. The van der Waals surface area contributed by atoms with Crippen LogP contribution in [-0.4, -0.2) is 96.7 Å². The van der Waals surface area contributed by atoms with Crippen molar-refractivity contribution in [3.63, 3.8) is 0 Å². The number of esters is 4. The number of phosphoric ester groups is 2. The van der Waals surface area contributed by atoms with Gasteiger partial charge in [-0.15, -0.1) is 0 Å². The Kier molecular flexibility index (Phi) is 66.8. The highest BCUT2D eigenvalue weighted by Gasteiger charge is 2.30. The van der Waals surface area contributed by atoms with Crippen LogP contribution in [0.1, 0.15) is 402 Å². The number of unbranched alkanes of at least 4 members (excludes halogenated alkanes) is 40. The molecule has 0 rings (SSSR count). The first-order valence-corrected chi connectivity index (χ1v) is 43.8. The molecule has 19 heteroatoms. The van der Waals surface area contributed by atoms with E-state index < -0.39 is 97.5 Å². The normalized spacial score (nSPS) is 14.6. The van der Waals surface area contributed by atoms with Crippen molar-refractivity contribution < 1.29 is 80.2 Å². The maximum absolute atomic E-state index is 13.1. The van der Waals surface area contributed by atoms with Gasteiger partial charge in [0.2, 0.25) is 0 Å². The van der Waals surface area contributed by atoms with Crippen molar-refractivity contribution in [2.45, 2.75) is 420 Å². The largest absolute Gasteiger partial charge is 0.472 e. The van der Waals surface area contributed by atoms with Crippen LogP contribution in [0.3, 0.4) is 0 Å². The van der Waals surface area contributed by atoms with Gasteiger partial charge in [0.25, 0.3) is 0 Å². The average molecular weight is 1440 g/mol. The first kappa shape index (κ1) is 96.1. The highest BCUT2D eigenvalue weighted by atomic mass is 31.2. The molecule has 7 atom stereocenters. The Balaban J connectivity index is 5.17. The number of rotatable bonds is 76. The first-order chi connectivity index (χ1) is 47.2. The smallest absolute Gasteiger partial charge is 0.462 e. The van der Waals surface area contributed by atoms with Gasteiger partial charge >= 0.3 is 39.5 Å². The predicted molar refractivity (Wildman–Crippen MR) is 400 cm³/mol. The van der Waals surface area contributed by atoms with Gasteiger partial charge in [-0.25, -0.2) is 9.13 Å². The maximum atomic E-state index is 13.1. The van der Waals surface area contributed by atoms with Crippen molar-refractivity contribution in [3.8, 4) is 0 Å². The van der Waals surface area contributed by atoms with E-state index in [1.54, 1.807) is 0 Å². The molecule has 0 aliphatic rings. The zero-order valence-electron chi connectivity index (χ0n) is 64.4. The Morgan fingerprint density at radius 3 is 0.724 bits per heavy atom. The van der Waals surface area contributed by atoms with Crippen LogP contribution in [0.2, 0.25) is 0 Å². The summed E-state index contributed by atoms with van der Waals surface area (Å²) in [5, 5.41) is 10.6. The lowest BCUT2D eigenvalue weighted by atomic mass is 9.99. The highest BCUT2D eigenvalue weighted by Crippen LogP contribution is 2.45. The minimum atomic E-state index is -4.96. The van der Waals surface area contributed by atoms with Crippen LogP contribution in [0.5, 0.6) is 0 Å².